The zero-order chi connectivity index (χ0) is 22.0. The standard InChI is InChI=1S/C27H26N2O2/c1-19-11-10-16-24(21(19)3)28-18-25(30)29(23-14-8-5-9-15-23)26(27(28)31)20(2)17-22-12-6-4-7-13-22/h4-17,26H,18H2,1-3H3/t26-/m0/s1. The maximum Gasteiger partial charge on any atom is 0.254 e. The molecule has 1 saturated heterocycles. The summed E-state index contributed by atoms with van der Waals surface area (Å²) < 4.78 is 0. The van der Waals surface area contributed by atoms with Gasteiger partial charge in [0.15, 0.2) is 0 Å². The number of amides is 2. The minimum Gasteiger partial charge on any atom is -0.301 e. The highest BCUT2D eigenvalue weighted by atomic mass is 16.2. The molecule has 1 aliphatic heterocycles. The lowest BCUT2D eigenvalue weighted by atomic mass is 9.97. The zero-order valence-electron chi connectivity index (χ0n) is 18.1. The number of aryl methyl sites for hydroxylation is 1. The molecule has 0 unspecified atom stereocenters. The summed E-state index contributed by atoms with van der Waals surface area (Å²) in [6.45, 7) is 5.95. The van der Waals surface area contributed by atoms with Crippen molar-refractivity contribution >= 4 is 29.3 Å². The van der Waals surface area contributed by atoms with E-state index in [0.29, 0.717) is 0 Å². The summed E-state index contributed by atoms with van der Waals surface area (Å²) in [5, 5.41) is 0. The van der Waals surface area contributed by atoms with Crippen molar-refractivity contribution in [1.82, 2.24) is 0 Å². The van der Waals surface area contributed by atoms with Crippen molar-refractivity contribution in [2.75, 3.05) is 16.3 Å². The predicted molar refractivity (Wildman–Crippen MR) is 126 cm³/mol. The Morgan fingerprint density at radius 1 is 0.871 bits per heavy atom. The molecule has 0 N–H and O–H groups in total. The summed E-state index contributed by atoms with van der Waals surface area (Å²) in [7, 11) is 0. The Morgan fingerprint density at radius 2 is 1.52 bits per heavy atom. The molecule has 3 aromatic carbocycles. The lowest BCUT2D eigenvalue weighted by Gasteiger charge is -2.41. The highest BCUT2D eigenvalue weighted by Crippen LogP contribution is 2.32. The first kappa shape index (κ1) is 20.6. The third-order valence-electron chi connectivity index (χ3n) is 5.85. The predicted octanol–water partition coefficient (Wildman–Crippen LogP) is 5.16. The fourth-order valence-electron chi connectivity index (χ4n) is 4.09. The second-order valence-corrected chi connectivity index (χ2v) is 7.94. The van der Waals surface area contributed by atoms with Crippen LogP contribution in [0.1, 0.15) is 23.6 Å². The number of anilines is 2. The molecule has 1 atom stereocenters. The highest BCUT2D eigenvalue weighted by molar-refractivity contribution is 6.16. The van der Waals surface area contributed by atoms with Gasteiger partial charge in [-0.15, -0.1) is 0 Å². The highest BCUT2D eigenvalue weighted by Gasteiger charge is 2.42. The molecule has 0 spiro atoms. The van der Waals surface area contributed by atoms with Crippen molar-refractivity contribution in [3.05, 3.63) is 101 Å². The normalized spacial score (nSPS) is 17.3. The Hall–Kier alpha value is -3.66. The van der Waals surface area contributed by atoms with Gasteiger partial charge in [-0.2, -0.15) is 0 Å². The van der Waals surface area contributed by atoms with Crippen molar-refractivity contribution < 1.29 is 9.59 Å². The summed E-state index contributed by atoms with van der Waals surface area (Å²) in [6.07, 6.45) is 1.98. The Labute approximate surface area is 183 Å². The zero-order valence-corrected chi connectivity index (χ0v) is 18.1. The van der Waals surface area contributed by atoms with Gasteiger partial charge in [0.25, 0.3) is 5.91 Å². The molecule has 0 saturated carbocycles. The molecular weight excluding hydrogens is 384 g/mol. The van der Waals surface area contributed by atoms with Crippen LogP contribution < -0.4 is 9.80 Å². The van der Waals surface area contributed by atoms with Gasteiger partial charge in [0.2, 0.25) is 5.91 Å². The Kier molecular flexibility index (Phi) is 5.72. The summed E-state index contributed by atoms with van der Waals surface area (Å²) in [6, 6.07) is 24.5. The lowest BCUT2D eigenvalue weighted by molar-refractivity contribution is -0.127. The van der Waals surface area contributed by atoms with Crippen LogP contribution in [0.3, 0.4) is 0 Å². The number of piperazine rings is 1. The van der Waals surface area contributed by atoms with Crippen LogP contribution in [0.2, 0.25) is 0 Å². The fourth-order valence-corrected chi connectivity index (χ4v) is 4.09. The molecule has 1 heterocycles. The first-order valence-electron chi connectivity index (χ1n) is 10.5. The van der Waals surface area contributed by atoms with Crippen LogP contribution in [0.4, 0.5) is 11.4 Å². The minimum atomic E-state index is -0.705. The van der Waals surface area contributed by atoms with Gasteiger partial charge in [-0.25, -0.2) is 0 Å². The van der Waals surface area contributed by atoms with Gasteiger partial charge in [0, 0.05) is 11.4 Å². The Bertz CT molecular complexity index is 1140. The number of benzene rings is 3. The number of nitrogens with zero attached hydrogens (tertiary/aromatic N) is 2. The van der Waals surface area contributed by atoms with Gasteiger partial charge >= 0.3 is 0 Å². The number of carbonyl (C=O) groups excluding carboxylic acids is 2. The first-order chi connectivity index (χ1) is 15.0. The van der Waals surface area contributed by atoms with Gasteiger partial charge in [-0.1, -0.05) is 66.7 Å². The Morgan fingerprint density at radius 3 is 2.19 bits per heavy atom. The van der Waals surface area contributed by atoms with E-state index < -0.39 is 6.04 Å². The van der Waals surface area contributed by atoms with E-state index in [9.17, 15) is 9.59 Å². The van der Waals surface area contributed by atoms with E-state index in [2.05, 4.69) is 0 Å². The molecule has 4 heteroatoms. The second kappa shape index (κ2) is 8.60. The maximum atomic E-state index is 13.8. The minimum absolute atomic E-state index is 0.0210. The number of hydrogen-bond acceptors (Lipinski definition) is 2. The molecule has 156 valence electrons. The molecule has 4 nitrogen and oxygen atoms in total. The van der Waals surface area contributed by atoms with Crippen LogP contribution in [-0.4, -0.2) is 24.4 Å². The van der Waals surface area contributed by atoms with Crippen molar-refractivity contribution in [1.29, 1.82) is 0 Å². The van der Waals surface area contributed by atoms with Crippen molar-refractivity contribution in [2.45, 2.75) is 26.8 Å². The molecular formula is C27H26N2O2. The second-order valence-electron chi connectivity index (χ2n) is 7.94. The van der Waals surface area contributed by atoms with E-state index in [4.69, 9.17) is 0 Å². The summed E-state index contributed by atoms with van der Waals surface area (Å²) in [5.74, 6) is -0.195. The topological polar surface area (TPSA) is 40.6 Å². The summed E-state index contributed by atoms with van der Waals surface area (Å²) in [4.78, 5) is 30.5. The maximum absolute atomic E-state index is 13.8. The molecule has 1 aliphatic rings. The van der Waals surface area contributed by atoms with Crippen LogP contribution in [0.5, 0.6) is 0 Å². The van der Waals surface area contributed by atoms with Crippen molar-refractivity contribution in [3.63, 3.8) is 0 Å². The smallest absolute Gasteiger partial charge is 0.254 e. The molecule has 4 rings (SSSR count). The average Bonchev–Trinajstić information content (AvgIpc) is 2.78. The number of hydrogen-bond donors (Lipinski definition) is 0. The molecule has 0 aromatic heterocycles. The van der Waals surface area contributed by atoms with Crippen LogP contribution in [-0.2, 0) is 9.59 Å². The lowest BCUT2D eigenvalue weighted by Crippen LogP contribution is -2.61. The van der Waals surface area contributed by atoms with E-state index in [0.717, 1.165) is 33.6 Å². The van der Waals surface area contributed by atoms with Crippen LogP contribution in [0.15, 0.2) is 84.4 Å². The quantitative estimate of drug-likeness (QED) is 0.596. The summed E-state index contributed by atoms with van der Waals surface area (Å²) >= 11 is 0. The summed E-state index contributed by atoms with van der Waals surface area (Å²) in [5.41, 5.74) is 5.45. The average molecular weight is 411 g/mol. The molecule has 0 radical (unpaired) electrons. The van der Waals surface area contributed by atoms with Gasteiger partial charge in [-0.05, 0) is 61.2 Å². The molecule has 31 heavy (non-hydrogen) atoms. The van der Waals surface area contributed by atoms with E-state index in [1.807, 2.05) is 106 Å². The SMILES string of the molecule is CC(=Cc1ccccc1)[C@H]1C(=O)N(c2cccc(C)c2C)CC(=O)N1c1ccccc1. The number of para-hydroxylation sites is 1. The van der Waals surface area contributed by atoms with Crippen molar-refractivity contribution in [2.24, 2.45) is 0 Å². The van der Waals surface area contributed by atoms with Gasteiger partial charge < -0.3 is 4.90 Å². The first-order valence-corrected chi connectivity index (χ1v) is 10.5. The molecule has 0 bridgehead atoms. The van der Waals surface area contributed by atoms with E-state index in [1.54, 1.807) is 9.80 Å². The third kappa shape index (κ3) is 4.02. The van der Waals surface area contributed by atoms with Gasteiger partial charge in [0.05, 0.1) is 0 Å². The molecule has 2 amide bonds. The van der Waals surface area contributed by atoms with E-state index >= 15 is 0 Å². The molecule has 1 fully saturated rings. The number of carbonyl (C=O) groups is 2. The third-order valence-corrected chi connectivity index (χ3v) is 5.85. The largest absolute Gasteiger partial charge is 0.301 e. The van der Waals surface area contributed by atoms with E-state index in [-0.39, 0.29) is 18.4 Å². The van der Waals surface area contributed by atoms with Crippen LogP contribution in [0, 0.1) is 13.8 Å². The van der Waals surface area contributed by atoms with Gasteiger partial charge in [-0.3, -0.25) is 14.5 Å². The van der Waals surface area contributed by atoms with E-state index in [1.165, 1.54) is 0 Å². The molecule has 0 aliphatic carbocycles. The molecule has 3 aromatic rings. The monoisotopic (exact) mass is 410 g/mol. The Balaban J connectivity index is 1.82. The van der Waals surface area contributed by atoms with Crippen LogP contribution in [0.25, 0.3) is 6.08 Å². The van der Waals surface area contributed by atoms with Gasteiger partial charge in [0.1, 0.15) is 12.6 Å². The fraction of sp³-hybridized carbons (Fsp3) is 0.185. The van der Waals surface area contributed by atoms with Crippen LogP contribution >= 0.6 is 0 Å². The van der Waals surface area contributed by atoms with Crippen molar-refractivity contribution in [3.8, 4) is 0 Å². The number of rotatable bonds is 4.